The Labute approximate surface area is 148 Å². The van der Waals surface area contributed by atoms with E-state index in [0.717, 1.165) is 25.8 Å². The van der Waals surface area contributed by atoms with E-state index in [1.807, 2.05) is 29.2 Å². The maximum atomic E-state index is 12.4. The van der Waals surface area contributed by atoms with Gasteiger partial charge >= 0.3 is 0 Å². The average molecular weight is 340 g/mol. The quantitative estimate of drug-likeness (QED) is 0.796. The zero-order chi connectivity index (χ0) is 17.5. The van der Waals surface area contributed by atoms with Crippen LogP contribution in [0.25, 0.3) is 0 Å². The van der Waals surface area contributed by atoms with Crippen molar-refractivity contribution >= 4 is 5.91 Å². The third-order valence-corrected chi connectivity index (χ3v) is 4.46. The molecule has 5 heteroatoms. The molecule has 1 aromatic carbocycles. The van der Waals surface area contributed by atoms with Crippen molar-refractivity contribution in [3.63, 3.8) is 0 Å². The van der Waals surface area contributed by atoms with Crippen molar-refractivity contribution < 1.29 is 14.3 Å². The van der Waals surface area contributed by atoms with Crippen LogP contribution in [0.2, 0.25) is 0 Å². The highest BCUT2D eigenvalue weighted by Gasteiger charge is 2.25. The lowest BCUT2D eigenvalue weighted by atomic mass is 10.00. The van der Waals surface area contributed by atoms with Crippen LogP contribution in [-0.4, -0.2) is 35.0 Å². The maximum absolute atomic E-state index is 12.4. The van der Waals surface area contributed by atoms with Crippen molar-refractivity contribution in [3.8, 4) is 17.4 Å². The van der Waals surface area contributed by atoms with E-state index in [4.69, 9.17) is 9.47 Å². The third kappa shape index (κ3) is 4.72. The molecule has 1 aliphatic rings. The molecule has 1 saturated heterocycles. The minimum absolute atomic E-state index is 0.0698. The van der Waals surface area contributed by atoms with Crippen LogP contribution in [0, 0.1) is 0 Å². The van der Waals surface area contributed by atoms with Crippen LogP contribution in [0.1, 0.15) is 32.6 Å². The molecule has 25 heavy (non-hydrogen) atoms. The molecule has 2 heterocycles. The molecule has 1 fully saturated rings. The zero-order valence-electron chi connectivity index (χ0n) is 14.6. The van der Waals surface area contributed by atoms with Gasteiger partial charge in [-0.3, -0.25) is 4.79 Å². The van der Waals surface area contributed by atoms with Gasteiger partial charge in [0.2, 0.25) is 5.88 Å². The first kappa shape index (κ1) is 17.3. The fraction of sp³-hybridized carbons (Fsp3) is 0.400. The van der Waals surface area contributed by atoms with Gasteiger partial charge in [0.1, 0.15) is 11.5 Å². The van der Waals surface area contributed by atoms with Gasteiger partial charge < -0.3 is 14.4 Å². The van der Waals surface area contributed by atoms with E-state index in [1.165, 1.54) is 6.42 Å². The Morgan fingerprint density at radius 3 is 2.68 bits per heavy atom. The molecule has 0 aliphatic carbocycles. The number of rotatable bonds is 6. The van der Waals surface area contributed by atoms with Crippen LogP contribution < -0.4 is 9.47 Å². The third-order valence-electron chi connectivity index (χ3n) is 4.46. The van der Waals surface area contributed by atoms with Crippen molar-refractivity contribution in [2.24, 2.45) is 0 Å². The number of likely N-dealkylation sites (tertiary alicyclic amines) is 1. The number of benzene rings is 1. The Morgan fingerprint density at radius 2 is 1.96 bits per heavy atom. The van der Waals surface area contributed by atoms with E-state index in [1.54, 1.807) is 24.4 Å². The second-order valence-corrected chi connectivity index (χ2v) is 6.18. The fourth-order valence-corrected chi connectivity index (χ4v) is 3.11. The first-order valence-electron chi connectivity index (χ1n) is 8.87. The van der Waals surface area contributed by atoms with E-state index in [9.17, 15) is 4.79 Å². The standard InChI is InChI=1S/C20H24N2O3/c1-2-16-7-4-6-14-22(16)20(23)15-24-17-9-11-18(12-10-17)25-19-8-3-5-13-21-19/h3,5,8-13,16H,2,4,6-7,14-15H2,1H3. The van der Waals surface area contributed by atoms with Gasteiger partial charge in [0.05, 0.1) is 0 Å². The number of pyridine rings is 1. The van der Waals surface area contributed by atoms with Gasteiger partial charge in [-0.05, 0) is 56.0 Å². The molecule has 1 atom stereocenters. The summed E-state index contributed by atoms with van der Waals surface area (Å²) in [6, 6.07) is 13.1. The van der Waals surface area contributed by atoms with Gasteiger partial charge in [0, 0.05) is 24.8 Å². The molecule has 1 aliphatic heterocycles. The lowest BCUT2D eigenvalue weighted by Gasteiger charge is -2.35. The van der Waals surface area contributed by atoms with Crippen LogP contribution in [0.5, 0.6) is 17.4 Å². The molecule has 132 valence electrons. The molecular weight excluding hydrogens is 316 g/mol. The Hall–Kier alpha value is -2.56. The van der Waals surface area contributed by atoms with Crippen LogP contribution in [-0.2, 0) is 4.79 Å². The molecule has 0 saturated carbocycles. The lowest BCUT2D eigenvalue weighted by molar-refractivity contribution is -0.137. The molecule has 0 bridgehead atoms. The number of amides is 1. The first-order chi connectivity index (χ1) is 12.3. The summed E-state index contributed by atoms with van der Waals surface area (Å²) in [5.74, 6) is 1.95. The molecule has 0 spiro atoms. The topological polar surface area (TPSA) is 51.7 Å². The van der Waals surface area contributed by atoms with Gasteiger partial charge in [-0.1, -0.05) is 13.0 Å². The molecular formula is C20H24N2O3. The highest BCUT2D eigenvalue weighted by molar-refractivity contribution is 5.78. The van der Waals surface area contributed by atoms with Crippen LogP contribution in [0.3, 0.4) is 0 Å². The number of aromatic nitrogens is 1. The molecule has 2 aromatic rings. The Balaban J connectivity index is 1.52. The lowest BCUT2D eigenvalue weighted by Crippen LogP contribution is -2.45. The zero-order valence-corrected chi connectivity index (χ0v) is 14.6. The number of hydrogen-bond donors (Lipinski definition) is 0. The molecule has 0 radical (unpaired) electrons. The SMILES string of the molecule is CCC1CCCCN1C(=O)COc1ccc(Oc2ccccn2)cc1. The number of hydrogen-bond acceptors (Lipinski definition) is 4. The fourth-order valence-electron chi connectivity index (χ4n) is 3.11. The number of piperidine rings is 1. The van der Waals surface area contributed by atoms with Crippen molar-refractivity contribution in [2.45, 2.75) is 38.6 Å². The summed E-state index contributed by atoms with van der Waals surface area (Å²) < 4.78 is 11.3. The average Bonchev–Trinajstić information content (AvgIpc) is 2.68. The summed E-state index contributed by atoms with van der Waals surface area (Å²) in [6.07, 6.45) is 6.08. The molecule has 1 unspecified atom stereocenters. The summed E-state index contributed by atoms with van der Waals surface area (Å²) in [7, 11) is 0. The molecule has 1 amide bonds. The second-order valence-electron chi connectivity index (χ2n) is 6.18. The smallest absolute Gasteiger partial charge is 0.260 e. The largest absolute Gasteiger partial charge is 0.484 e. The Morgan fingerprint density at radius 1 is 1.16 bits per heavy atom. The molecule has 3 rings (SSSR count). The number of carbonyl (C=O) groups is 1. The van der Waals surface area contributed by atoms with Crippen molar-refractivity contribution in [1.29, 1.82) is 0 Å². The first-order valence-corrected chi connectivity index (χ1v) is 8.87. The van der Waals surface area contributed by atoms with E-state index in [-0.39, 0.29) is 12.5 Å². The number of nitrogens with zero attached hydrogens (tertiary/aromatic N) is 2. The normalized spacial score (nSPS) is 17.2. The van der Waals surface area contributed by atoms with Gasteiger partial charge in [0.15, 0.2) is 6.61 Å². The predicted octanol–water partition coefficient (Wildman–Crippen LogP) is 4.04. The highest BCUT2D eigenvalue weighted by Crippen LogP contribution is 2.23. The summed E-state index contributed by atoms with van der Waals surface area (Å²) in [5, 5.41) is 0. The van der Waals surface area contributed by atoms with Gasteiger partial charge in [-0.25, -0.2) is 4.98 Å². The Kier molecular flexibility index (Phi) is 5.88. The van der Waals surface area contributed by atoms with Crippen molar-refractivity contribution in [3.05, 3.63) is 48.7 Å². The minimum atomic E-state index is 0.0698. The van der Waals surface area contributed by atoms with Gasteiger partial charge in [-0.2, -0.15) is 0 Å². The predicted molar refractivity (Wildman–Crippen MR) is 95.9 cm³/mol. The van der Waals surface area contributed by atoms with Gasteiger partial charge in [0.25, 0.3) is 5.91 Å². The van der Waals surface area contributed by atoms with E-state index in [2.05, 4.69) is 11.9 Å². The number of ether oxygens (including phenoxy) is 2. The van der Waals surface area contributed by atoms with Gasteiger partial charge in [-0.15, -0.1) is 0 Å². The second kappa shape index (κ2) is 8.51. The summed E-state index contributed by atoms with van der Waals surface area (Å²) >= 11 is 0. The molecule has 0 N–H and O–H groups in total. The van der Waals surface area contributed by atoms with Crippen molar-refractivity contribution in [2.75, 3.05) is 13.2 Å². The van der Waals surface area contributed by atoms with E-state index < -0.39 is 0 Å². The highest BCUT2D eigenvalue weighted by atomic mass is 16.5. The molecule has 1 aromatic heterocycles. The van der Waals surface area contributed by atoms with E-state index in [0.29, 0.717) is 23.4 Å². The van der Waals surface area contributed by atoms with Crippen molar-refractivity contribution in [1.82, 2.24) is 9.88 Å². The summed E-state index contributed by atoms with van der Waals surface area (Å²) in [4.78, 5) is 18.5. The summed E-state index contributed by atoms with van der Waals surface area (Å²) in [5.41, 5.74) is 0. The maximum Gasteiger partial charge on any atom is 0.260 e. The van der Waals surface area contributed by atoms with Crippen LogP contribution in [0.15, 0.2) is 48.7 Å². The van der Waals surface area contributed by atoms with Crippen LogP contribution in [0.4, 0.5) is 0 Å². The van der Waals surface area contributed by atoms with E-state index >= 15 is 0 Å². The minimum Gasteiger partial charge on any atom is -0.484 e. The van der Waals surface area contributed by atoms with Crippen LogP contribution >= 0.6 is 0 Å². The Bertz CT molecular complexity index is 673. The summed E-state index contributed by atoms with van der Waals surface area (Å²) in [6.45, 7) is 3.06. The monoisotopic (exact) mass is 340 g/mol. The molecule has 5 nitrogen and oxygen atoms in total. The number of carbonyl (C=O) groups excluding carboxylic acids is 1.